The van der Waals surface area contributed by atoms with Crippen molar-refractivity contribution in [2.24, 2.45) is 5.92 Å². The van der Waals surface area contributed by atoms with E-state index in [2.05, 4.69) is 5.32 Å². The third kappa shape index (κ3) is 5.37. The van der Waals surface area contributed by atoms with E-state index >= 15 is 0 Å². The van der Waals surface area contributed by atoms with E-state index in [0.29, 0.717) is 23.1 Å². The summed E-state index contributed by atoms with van der Waals surface area (Å²) in [5.74, 6) is -0.201. The Bertz CT molecular complexity index is 572. The normalized spacial score (nSPS) is 20.8. The standard InChI is InChI=1S/C16H20Cl2N2O3/c1-23-16(22)11-4-6-20(7-5-11)10-15(21)19-9-12-2-3-13(17)8-14(12)18/h2-3,8,11H,4-7,9-10H2,1H3,(H,19,21)/p+1. The van der Waals surface area contributed by atoms with Gasteiger partial charge in [0.25, 0.3) is 5.91 Å². The van der Waals surface area contributed by atoms with Gasteiger partial charge in [-0.1, -0.05) is 29.3 Å². The largest absolute Gasteiger partial charge is 0.469 e. The minimum absolute atomic E-state index is 0.0254. The lowest BCUT2D eigenvalue weighted by molar-refractivity contribution is -0.897. The Morgan fingerprint density at radius 3 is 2.61 bits per heavy atom. The molecular formula is C16H21Cl2N2O3+. The smallest absolute Gasteiger partial charge is 0.309 e. The number of carbonyl (C=O) groups is 2. The fourth-order valence-corrected chi connectivity index (χ4v) is 3.23. The zero-order valence-electron chi connectivity index (χ0n) is 13.0. The Morgan fingerprint density at radius 2 is 2.00 bits per heavy atom. The van der Waals surface area contributed by atoms with Crippen LogP contribution in [0.2, 0.25) is 10.0 Å². The topological polar surface area (TPSA) is 59.8 Å². The Morgan fingerprint density at radius 1 is 1.30 bits per heavy atom. The van der Waals surface area contributed by atoms with Crippen molar-refractivity contribution in [2.45, 2.75) is 19.4 Å². The Balaban J connectivity index is 1.74. The predicted octanol–water partition coefficient (Wildman–Crippen LogP) is 1.08. The second kappa shape index (κ2) is 8.52. The van der Waals surface area contributed by atoms with Gasteiger partial charge < -0.3 is 15.0 Å². The predicted molar refractivity (Wildman–Crippen MR) is 88.6 cm³/mol. The molecule has 5 nitrogen and oxygen atoms in total. The van der Waals surface area contributed by atoms with Crippen molar-refractivity contribution >= 4 is 35.1 Å². The molecule has 7 heteroatoms. The molecule has 1 saturated heterocycles. The Hall–Kier alpha value is -1.30. The number of likely N-dealkylation sites (tertiary alicyclic amines) is 1. The van der Waals surface area contributed by atoms with Crippen molar-refractivity contribution in [3.05, 3.63) is 33.8 Å². The van der Waals surface area contributed by atoms with Crippen molar-refractivity contribution in [2.75, 3.05) is 26.7 Å². The molecule has 1 aromatic carbocycles. The Kier molecular flexibility index (Phi) is 6.69. The summed E-state index contributed by atoms with van der Waals surface area (Å²) < 4.78 is 4.76. The summed E-state index contributed by atoms with van der Waals surface area (Å²) in [5.41, 5.74) is 0.837. The number of hydrogen-bond acceptors (Lipinski definition) is 3. The molecule has 1 amide bonds. The summed E-state index contributed by atoms with van der Waals surface area (Å²) >= 11 is 11.9. The first-order valence-electron chi connectivity index (χ1n) is 7.61. The van der Waals surface area contributed by atoms with E-state index in [1.54, 1.807) is 18.2 Å². The van der Waals surface area contributed by atoms with Gasteiger partial charge >= 0.3 is 5.97 Å². The zero-order chi connectivity index (χ0) is 16.8. The SMILES string of the molecule is COC(=O)C1CC[NH+](CC(=O)NCc2ccc(Cl)cc2Cl)CC1. The van der Waals surface area contributed by atoms with Crippen LogP contribution in [-0.4, -0.2) is 38.6 Å². The van der Waals surface area contributed by atoms with Gasteiger partial charge in [-0.25, -0.2) is 0 Å². The molecule has 0 aliphatic carbocycles. The number of nitrogens with one attached hydrogen (secondary N) is 2. The molecule has 0 radical (unpaired) electrons. The van der Waals surface area contributed by atoms with Crippen molar-refractivity contribution in [1.82, 2.24) is 5.32 Å². The molecule has 0 atom stereocenters. The van der Waals surface area contributed by atoms with Crippen LogP contribution in [0.3, 0.4) is 0 Å². The number of esters is 1. The van der Waals surface area contributed by atoms with Crippen LogP contribution >= 0.6 is 23.2 Å². The van der Waals surface area contributed by atoms with Gasteiger partial charge in [-0.2, -0.15) is 0 Å². The lowest BCUT2D eigenvalue weighted by Crippen LogP contribution is -3.14. The number of quaternary nitrogens is 1. The van der Waals surface area contributed by atoms with Crippen LogP contribution in [0.15, 0.2) is 18.2 Å². The summed E-state index contributed by atoms with van der Waals surface area (Å²) in [6, 6.07) is 5.21. The van der Waals surface area contributed by atoms with Crippen LogP contribution in [0.4, 0.5) is 0 Å². The molecule has 0 aromatic heterocycles. The van der Waals surface area contributed by atoms with Gasteiger partial charge in [-0.3, -0.25) is 9.59 Å². The highest BCUT2D eigenvalue weighted by Crippen LogP contribution is 2.20. The maximum absolute atomic E-state index is 12.0. The summed E-state index contributed by atoms with van der Waals surface area (Å²) in [5, 5.41) is 3.99. The lowest BCUT2D eigenvalue weighted by atomic mass is 9.97. The van der Waals surface area contributed by atoms with E-state index in [4.69, 9.17) is 27.9 Å². The summed E-state index contributed by atoms with van der Waals surface area (Å²) in [4.78, 5) is 24.7. The Labute approximate surface area is 145 Å². The molecule has 0 spiro atoms. The van der Waals surface area contributed by atoms with Crippen LogP contribution in [0.5, 0.6) is 0 Å². The molecule has 1 fully saturated rings. The maximum atomic E-state index is 12.0. The highest BCUT2D eigenvalue weighted by molar-refractivity contribution is 6.35. The van der Waals surface area contributed by atoms with Gasteiger partial charge in [0.05, 0.1) is 26.1 Å². The monoisotopic (exact) mass is 359 g/mol. The average molecular weight is 360 g/mol. The molecule has 0 bridgehead atoms. The molecule has 1 heterocycles. The number of amides is 1. The van der Waals surface area contributed by atoms with E-state index < -0.39 is 0 Å². The van der Waals surface area contributed by atoms with Crippen molar-refractivity contribution in [1.29, 1.82) is 0 Å². The third-order valence-corrected chi connectivity index (χ3v) is 4.72. The first-order valence-corrected chi connectivity index (χ1v) is 8.37. The number of rotatable bonds is 5. The molecule has 1 aliphatic rings. The van der Waals surface area contributed by atoms with Crippen LogP contribution in [0.25, 0.3) is 0 Å². The molecule has 126 valence electrons. The van der Waals surface area contributed by atoms with E-state index in [9.17, 15) is 9.59 Å². The maximum Gasteiger partial charge on any atom is 0.309 e. The third-order valence-electron chi connectivity index (χ3n) is 4.13. The fraction of sp³-hybridized carbons (Fsp3) is 0.500. The van der Waals surface area contributed by atoms with Crippen LogP contribution < -0.4 is 10.2 Å². The van der Waals surface area contributed by atoms with Gasteiger partial charge in [0.2, 0.25) is 0 Å². The van der Waals surface area contributed by atoms with Gasteiger partial charge in [-0.05, 0) is 17.7 Å². The van der Waals surface area contributed by atoms with Crippen molar-refractivity contribution in [3.8, 4) is 0 Å². The average Bonchev–Trinajstić information content (AvgIpc) is 2.54. The van der Waals surface area contributed by atoms with Crippen molar-refractivity contribution < 1.29 is 19.2 Å². The van der Waals surface area contributed by atoms with Crippen LogP contribution in [0.1, 0.15) is 18.4 Å². The quantitative estimate of drug-likeness (QED) is 0.773. The minimum atomic E-state index is -0.147. The molecular weight excluding hydrogens is 339 g/mol. The van der Waals surface area contributed by atoms with Crippen molar-refractivity contribution in [3.63, 3.8) is 0 Å². The molecule has 23 heavy (non-hydrogen) atoms. The van der Waals surface area contributed by atoms with Crippen LogP contribution in [0, 0.1) is 5.92 Å². The second-order valence-electron chi connectivity index (χ2n) is 5.74. The van der Waals surface area contributed by atoms with Gasteiger partial charge in [0, 0.05) is 29.4 Å². The van der Waals surface area contributed by atoms with Gasteiger partial charge in [0.15, 0.2) is 6.54 Å². The molecule has 2 N–H and O–H groups in total. The lowest BCUT2D eigenvalue weighted by Gasteiger charge is -2.27. The van der Waals surface area contributed by atoms with Gasteiger partial charge in [0.1, 0.15) is 0 Å². The number of ether oxygens (including phenoxy) is 1. The molecule has 1 aromatic rings. The number of methoxy groups -OCH3 is 1. The van der Waals surface area contributed by atoms with E-state index in [1.165, 1.54) is 12.0 Å². The molecule has 2 rings (SSSR count). The molecule has 0 unspecified atom stereocenters. The number of benzene rings is 1. The van der Waals surface area contributed by atoms with Gasteiger partial charge in [-0.15, -0.1) is 0 Å². The van der Waals surface area contributed by atoms with E-state index in [0.717, 1.165) is 31.5 Å². The number of halogens is 2. The highest BCUT2D eigenvalue weighted by Gasteiger charge is 2.28. The molecule has 1 aliphatic heterocycles. The van der Waals surface area contributed by atoms with Crippen LogP contribution in [-0.2, 0) is 20.9 Å². The fourth-order valence-electron chi connectivity index (χ4n) is 2.75. The minimum Gasteiger partial charge on any atom is -0.469 e. The zero-order valence-corrected chi connectivity index (χ0v) is 14.5. The highest BCUT2D eigenvalue weighted by atomic mass is 35.5. The van der Waals surface area contributed by atoms with E-state index in [-0.39, 0.29) is 17.8 Å². The number of carbonyl (C=O) groups excluding carboxylic acids is 2. The number of piperidine rings is 1. The summed E-state index contributed by atoms with van der Waals surface area (Å²) in [6.45, 7) is 2.38. The molecule has 0 saturated carbocycles. The first kappa shape index (κ1) is 18.0. The second-order valence-corrected chi connectivity index (χ2v) is 6.58. The van der Waals surface area contributed by atoms with E-state index in [1.807, 2.05) is 0 Å². The first-order chi connectivity index (χ1) is 11.0. The summed E-state index contributed by atoms with van der Waals surface area (Å²) in [7, 11) is 1.41. The summed E-state index contributed by atoms with van der Waals surface area (Å²) in [6.07, 6.45) is 1.52. The number of hydrogen-bond donors (Lipinski definition) is 2.